The molecule has 41 heavy (non-hydrogen) atoms. The molecule has 0 fully saturated rings. The molecule has 212 valence electrons. The third-order valence-electron chi connectivity index (χ3n) is 6.60. The number of aromatic nitrogens is 2. The van der Waals surface area contributed by atoms with Gasteiger partial charge in [-0.2, -0.15) is 13.2 Å². The van der Waals surface area contributed by atoms with E-state index in [1.54, 1.807) is 48.5 Å². The van der Waals surface area contributed by atoms with Crippen molar-refractivity contribution in [2.45, 2.75) is 40.3 Å². The molecule has 2 aromatic carbocycles. The van der Waals surface area contributed by atoms with Gasteiger partial charge in [0.1, 0.15) is 0 Å². The summed E-state index contributed by atoms with van der Waals surface area (Å²) < 4.78 is 41.4. The minimum atomic E-state index is -4.61. The topological polar surface area (TPSA) is 82.5 Å². The van der Waals surface area contributed by atoms with Crippen LogP contribution in [0, 0.1) is 6.92 Å². The Bertz CT molecular complexity index is 1570. The Hall–Kier alpha value is -4.73. The highest BCUT2D eigenvalue weighted by Gasteiger charge is 2.32. The van der Waals surface area contributed by atoms with Gasteiger partial charge in [-0.25, -0.2) is 9.97 Å². The first-order valence-corrected chi connectivity index (χ1v) is 13.0. The van der Waals surface area contributed by atoms with Crippen molar-refractivity contribution >= 4 is 40.7 Å². The summed E-state index contributed by atoms with van der Waals surface area (Å²) in [4.78, 5) is 27.9. The Morgan fingerprint density at radius 3 is 2.54 bits per heavy atom. The van der Waals surface area contributed by atoms with Crippen molar-refractivity contribution < 1.29 is 18.0 Å². The summed E-state index contributed by atoms with van der Waals surface area (Å²) in [6.45, 7) is 11.9. The Kier molecular flexibility index (Phi) is 8.71. The average molecular weight is 561 g/mol. The second-order valence-corrected chi connectivity index (χ2v) is 9.76. The number of nitrogens with one attached hydrogen (secondary N) is 2. The summed E-state index contributed by atoms with van der Waals surface area (Å²) in [7, 11) is 0. The number of hydrogen-bond donors (Lipinski definition) is 2. The van der Waals surface area contributed by atoms with E-state index in [0.29, 0.717) is 11.6 Å². The van der Waals surface area contributed by atoms with Gasteiger partial charge in [0, 0.05) is 59.1 Å². The van der Waals surface area contributed by atoms with Crippen LogP contribution in [0.2, 0.25) is 0 Å². The van der Waals surface area contributed by atoms with E-state index < -0.39 is 17.6 Å². The van der Waals surface area contributed by atoms with Gasteiger partial charge in [-0.15, -0.1) is 0 Å². The Balaban J connectivity index is 1.62. The van der Waals surface area contributed by atoms with E-state index >= 15 is 0 Å². The van der Waals surface area contributed by atoms with Crippen LogP contribution in [-0.2, 0) is 6.18 Å². The van der Waals surface area contributed by atoms with E-state index in [4.69, 9.17) is 0 Å². The number of allylic oxidation sites excluding steroid dienone is 3. The standard InChI is InChI=1S/C31H31F3N6O/c1-6-40(21(5)19(2)3)26-16-24(31(32,33)34)15-25(17-26)37-29(41)22-10-9-20(4)28(14-22)39-30-36-13-11-27(38-30)23-8-7-12-35-18-23/h6,8-11,13-18H,1,7,12H2,2-5H3,(H,37,41)(H,36,38,39). The summed E-state index contributed by atoms with van der Waals surface area (Å²) in [6.07, 6.45) is 3.13. The molecular weight excluding hydrogens is 529 g/mol. The van der Waals surface area contributed by atoms with Gasteiger partial charge in [-0.1, -0.05) is 24.3 Å². The molecule has 4 rings (SSSR count). The number of carbonyl (C=O) groups excluding carboxylic acids is 1. The number of nitrogens with zero attached hydrogens (tertiary/aromatic N) is 4. The van der Waals surface area contributed by atoms with E-state index in [2.05, 4.69) is 38.2 Å². The highest BCUT2D eigenvalue weighted by molar-refractivity contribution is 6.09. The molecule has 0 saturated heterocycles. The molecule has 1 aliphatic rings. The lowest BCUT2D eigenvalue weighted by Gasteiger charge is -2.24. The van der Waals surface area contributed by atoms with Crippen LogP contribution in [0.15, 0.2) is 83.8 Å². The zero-order valence-corrected chi connectivity index (χ0v) is 23.3. The van der Waals surface area contributed by atoms with Crippen molar-refractivity contribution in [3.8, 4) is 0 Å². The van der Waals surface area contributed by atoms with Gasteiger partial charge in [0.2, 0.25) is 5.95 Å². The molecule has 0 saturated carbocycles. The smallest absolute Gasteiger partial charge is 0.324 e. The molecule has 0 unspecified atom stereocenters. The second-order valence-electron chi connectivity index (χ2n) is 9.76. The van der Waals surface area contributed by atoms with Gasteiger partial charge < -0.3 is 15.5 Å². The number of alkyl halides is 3. The Morgan fingerprint density at radius 1 is 1.10 bits per heavy atom. The number of aryl methyl sites for hydroxylation is 1. The first-order chi connectivity index (χ1) is 19.5. The summed E-state index contributed by atoms with van der Waals surface area (Å²) >= 11 is 0. The van der Waals surface area contributed by atoms with E-state index in [0.717, 1.165) is 53.2 Å². The van der Waals surface area contributed by atoms with Crippen LogP contribution in [0.4, 0.5) is 36.2 Å². The zero-order chi connectivity index (χ0) is 29.7. The summed E-state index contributed by atoms with van der Waals surface area (Å²) in [6, 6.07) is 10.2. The number of benzene rings is 2. The van der Waals surface area contributed by atoms with Crippen molar-refractivity contribution in [1.29, 1.82) is 0 Å². The number of halogens is 3. The van der Waals surface area contributed by atoms with Crippen LogP contribution in [0.5, 0.6) is 0 Å². The molecule has 2 N–H and O–H groups in total. The fourth-order valence-electron chi connectivity index (χ4n) is 4.15. The molecule has 2 heterocycles. The second kappa shape index (κ2) is 12.2. The molecule has 3 aromatic rings. The lowest BCUT2D eigenvalue weighted by molar-refractivity contribution is -0.137. The van der Waals surface area contributed by atoms with Gasteiger partial charge >= 0.3 is 6.18 Å². The van der Waals surface area contributed by atoms with Crippen LogP contribution in [0.3, 0.4) is 0 Å². The van der Waals surface area contributed by atoms with Crippen LogP contribution in [-0.4, -0.2) is 28.6 Å². The molecule has 0 atom stereocenters. The van der Waals surface area contributed by atoms with Crippen LogP contribution < -0.4 is 15.5 Å². The van der Waals surface area contributed by atoms with E-state index in [9.17, 15) is 18.0 Å². The number of aliphatic imine (C=N–C) groups is 1. The molecule has 0 bridgehead atoms. The minimum absolute atomic E-state index is 0.00164. The molecule has 1 aliphatic heterocycles. The third kappa shape index (κ3) is 7.08. The maximum atomic E-state index is 13.8. The highest BCUT2D eigenvalue weighted by atomic mass is 19.4. The highest BCUT2D eigenvalue weighted by Crippen LogP contribution is 2.36. The normalized spacial score (nSPS) is 12.8. The number of carbonyl (C=O) groups is 1. The van der Waals surface area contributed by atoms with Gasteiger partial charge in [-0.3, -0.25) is 9.79 Å². The fourth-order valence-corrected chi connectivity index (χ4v) is 4.15. The number of amides is 1. The van der Waals surface area contributed by atoms with Crippen molar-refractivity contribution in [3.05, 3.63) is 101 Å². The van der Waals surface area contributed by atoms with Gasteiger partial charge in [-0.05, 0) is 76.1 Å². The molecule has 7 nitrogen and oxygen atoms in total. The summed E-state index contributed by atoms with van der Waals surface area (Å²) in [5.41, 5.74) is 4.26. The zero-order valence-electron chi connectivity index (χ0n) is 23.3. The largest absolute Gasteiger partial charge is 0.416 e. The number of rotatable bonds is 8. The first-order valence-electron chi connectivity index (χ1n) is 13.0. The maximum Gasteiger partial charge on any atom is 0.416 e. The predicted octanol–water partition coefficient (Wildman–Crippen LogP) is 7.92. The predicted molar refractivity (Wildman–Crippen MR) is 159 cm³/mol. The fraction of sp³-hybridized carbons (Fsp3) is 0.226. The van der Waals surface area contributed by atoms with Crippen LogP contribution in [0.1, 0.15) is 54.4 Å². The molecule has 10 heteroatoms. The van der Waals surface area contributed by atoms with Crippen LogP contribution >= 0.6 is 0 Å². The summed E-state index contributed by atoms with van der Waals surface area (Å²) in [5.74, 6) is -0.231. The molecule has 0 radical (unpaired) electrons. The Labute approximate surface area is 237 Å². The molecule has 1 aromatic heterocycles. The molecular formula is C31H31F3N6O. The monoisotopic (exact) mass is 560 g/mol. The number of dihydropyridines is 1. The SMILES string of the molecule is C=CN(C(C)=C(C)C)c1cc(NC(=O)c2ccc(C)c(Nc3nccc(C4=CCCN=C4)n3)c2)cc(C(F)(F)F)c1. The van der Waals surface area contributed by atoms with Gasteiger partial charge in [0.05, 0.1) is 11.3 Å². The number of hydrogen-bond acceptors (Lipinski definition) is 6. The van der Waals surface area contributed by atoms with Crippen molar-refractivity contribution in [2.24, 2.45) is 4.99 Å². The molecule has 0 aliphatic carbocycles. The minimum Gasteiger partial charge on any atom is -0.324 e. The first kappa shape index (κ1) is 29.3. The lowest BCUT2D eigenvalue weighted by atomic mass is 10.1. The average Bonchev–Trinajstić information content (AvgIpc) is 2.94. The summed E-state index contributed by atoms with van der Waals surface area (Å²) in [5, 5.41) is 5.77. The van der Waals surface area contributed by atoms with Crippen molar-refractivity contribution in [3.63, 3.8) is 0 Å². The maximum absolute atomic E-state index is 13.8. The molecule has 0 spiro atoms. The number of anilines is 4. The molecule has 1 amide bonds. The van der Waals surface area contributed by atoms with Crippen molar-refractivity contribution in [1.82, 2.24) is 9.97 Å². The van der Waals surface area contributed by atoms with E-state index in [1.807, 2.05) is 20.8 Å². The Morgan fingerprint density at radius 2 is 1.88 bits per heavy atom. The third-order valence-corrected chi connectivity index (χ3v) is 6.60. The quantitative estimate of drug-likeness (QED) is 0.292. The van der Waals surface area contributed by atoms with E-state index in [1.165, 1.54) is 12.3 Å². The van der Waals surface area contributed by atoms with Crippen LogP contribution in [0.25, 0.3) is 5.57 Å². The lowest BCUT2D eigenvalue weighted by Crippen LogP contribution is -2.18. The van der Waals surface area contributed by atoms with Crippen molar-refractivity contribution in [2.75, 3.05) is 22.1 Å². The van der Waals surface area contributed by atoms with E-state index in [-0.39, 0.29) is 16.9 Å². The van der Waals surface area contributed by atoms with Gasteiger partial charge in [0.25, 0.3) is 5.91 Å². The van der Waals surface area contributed by atoms with Gasteiger partial charge in [0.15, 0.2) is 0 Å².